The fraction of sp³-hybridized carbons (Fsp3) is 0.154. The molecule has 0 saturated heterocycles. The van der Waals surface area contributed by atoms with Gasteiger partial charge in [0.1, 0.15) is 5.82 Å². The molecule has 1 aromatic carbocycles. The minimum Gasteiger partial charge on any atom is -0.477 e. The van der Waals surface area contributed by atoms with Crippen LogP contribution < -0.4 is 5.32 Å². The zero-order valence-corrected chi connectivity index (χ0v) is 10.6. The van der Waals surface area contributed by atoms with E-state index in [4.69, 9.17) is 5.11 Å². The van der Waals surface area contributed by atoms with Crippen LogP contribution >= 0.6 is 0 Å². The average molecular weight is 277 g/mol. The molecule has 3 N–H and O–H groups in total. The summed E-state index contributed by atoms with van der Waals surface area (Å²) in [6, 6.07) is 5.26. The summed E-state index contributed by atoms with van der Waals surface area (Å²) in [6.45, 7) is 1.71. The van der Waals surface area contributed by atoms with E-state index in [1.54, 1.807) is 19.1 Å². The number of nitrogens with zero attached hydrogens (tertiary/aromatic N) is 1. The predicted octanol–water partition coefficient (Wildman–Crippen LogP) is 1.74. The number of H-pyrrole nitrogens is 1. The molecular weight excluding hydrogens is 265 g/mol. The molecule has 0 saturated carbocycles. The Bertz CT molecular complexity index is 637. The third kappa shape index (κ3) is 2.82. The van der Waals surface area contributed by atoms with E-state index in [-0.39, 0.29) is 17.2 Å². The lowest BCUT2D eigenvalue weighted by atomic mass is 10.1. The number of carbonyl (C=O) groups is 2. The van der Waals surface area contributed by atoms with Crippen LogP contribution in [0, 0.1) is 5.82 Å². The number of nitrogens with one attached hydrogen (secondary N) is 2. The Kier molecular flexibility index (Phi) is 3.79. The smallest absolute Gasteiger partial charge is 0.354 e. The number of carbonyl (C=O) groups excluding carboxylic acids is 1. The summed E-state index contributed by atoms with van der Waals surface area (Å²) in [4.78, 5) is 28.9. The van der Waals surface area contributed by atoms with Crippen molar-refractivity contribution in [3.05, 3.63) is 53.4 Å². The van der Waals surface area contributed by atoms with Gasteiger partial charge in [0.25, 0.3) is 5.91 Å². The van der Waals surface area contributed by atoms with Crippen LogP contribution in [0.25, 0.3) is 0 Å². The van der Waals surface area contributed by atoms with Crippen LogP contribution in [-0.2, 0) is 0 Å². The summed E-state index contributed by atoms with van der Waals surface area (Å²) in [6.07, 6.45) is 1.14. The number of hydrogen-bond acceptors (Lipinski definition) is 3. The van der Waals surface area contributed by atoms with Gasteiger partial charge in [0.2, 0.25) is 0 Å². The number of aromatic nitrogens is 2. The fourth-order valence-electron chi connectivity index (χ4n) is 1.73. The van der Waals surface area contributed by atoms with Gasteiger partial charge in [-0.2, -0.15) is 0 Å². The normalized spacial score (nSPS) is 11.9. The lowest BCUT2D eigenvalue weighted by molar-refractivity contribution is 0.0684. The van der Waals surface area contributed by atoms with Crippen LogP contribution in [0.4, 0.5) is 4.39 Å². The number of rotatable bonds is 4. The highest BCUT2D eigenvalue weighted by Gasteiger charge is 2.21. The number of amides is 1. The molecule has 0 aliphatic carbocycles. The van der Waals surface area contributed by atoms with E-state index in [0.717, 1.165) is 6.33 Å². The maximum atomic E-state index is 12.8. The SMILES string of the molecule is CC(NC(=O)c1nc[nH]c1C(=O)O)c1ccc(F)cc1. The van der Waals surface area contributed by atoms with Crippen molar-refractivity contribution in [3.63, 3.8) is 0 Å². The summed E-state index contributed by atoms with van der Waals surface area (Å²) < 4.78 is 12.8. The van der Waals surface area contributed by atoms with Crippen LogP contribution in [0.1, 0.15) is 39.5 Å². The van der Waals surface area contributed by atoms with Crippen molar-refractivity contribution >= 4 is 11.9 Å². The van der Waals surface area contributed by atoms with E-state index in [1.165, 1.54) is 12.1 Å². The number of carboxylic acid groups (broad SMARTS) is 1. The lowest BCUT2D eigenvalue weighted by Gasteiger charge is -2.13. The molecule has 0 aliphatic rings. The minimum atomic E-state index is -1.26. The second kappa shape index (κ2) is 5.52. The second-order valence-corrected chi connectivity index (χ2v) is 4.18. The number of hydrogen-bond donors (Lipinski definition) is 3. The molecule has 2 aromatic rings. The molecule has 0 radical (unpaired) electrons. The first-order valence-electron chi connectivity index (χ1n) is 5.82. The molecule has 20 heavy (non-hydrogen) atoms. The summed E-state index contributed by atoms with van der Waals surface area (Å²) in [5.41, 5.74) is 0.243. The number of carboxylic acids is 1. The van der Waals surface area contributed by atoms with E-state index >= 15 is 0 Å². The van der Waals surface area contributed by atoms with Crippen molar-refractivity contribution in [2.75, 3.05) is 0 Å². The summed E-state index contributed by atoms with van der Waals surface area (Å²) in [5.74, 6) is -2.24. The quantitative estimate of drug-likeness (QED) is 0.793. The molecule has 0 bridgehead atoms. The minimum absolute atomic E-state index is 0.188. The fourth-order valence-corrected chi connectivity index (χ4v) is 1.73. The van der Waals surface area contributed by atoms with E-state index in [0.29, 0.717) is 5.56 Å². The molecule has 1 atom stereocenters. The summed E-state index contributed by atoms with van der Waals surface area (Å²) in [5, 5.41) is 11.5. The van der Waals surface area contributed by atoms with Gasteiger partial charge in [0.05, 0.1) is 12.4 Å². The Morgan fingerprint density at radius 3 is 2.60 bits per heavy atom. The van der Waals surface area contributed by atoms with Gasteiger partial charge >= 0.3 is 5.97 Å². The molecule has 1 amide bonds. The maximum Gasteiger partial charge on any atom is 0.354 e. The Balaban J connectivity index is 2.13. The Morgan fingerprint density at radius 1 is 1.35 bits per heavy atom. The first-order chi connectivity index (χ1) is 9.49. The highest BCUT2D eigenvalue weighted by Crippen LogP contribution is 2.14. The average Bonchev–Trinajstić information content (AvgIpc) is 2.88. The number of imidazole rings is 1. The van der Waals surface area contributed by atoms with E-state index in [1.807, 2.05) is 0 Å². The molecule has 104 valence electrons. The summed E-state index contributed by atoms with van der Waals surface area (Å²) >= 11 is 0. The second-order valence-electron chi connectivity index (χ2n) is 4.18. The molecule has 1 aromatic heterocycles. The molecule has 6 nitrogen and oxygen atoms in total. The zero-order chi connectivity index (χ0) is 14.7. The highest BCUT2D eigenvalue weighted by atomic mass is 19.1. The molecule has 1 heterocycles. The molecule has 0 fully saturated rings. The third-order valence-corrected chi connectivity index (χ3v) is 2.79. The summed E-state index contributed by atoms with van der Waals surface area (Å²) in [7, 11) is 0. The third-order valence-electron chi connectivity index (χ3n) is 2.79. The van der Waals surface area contributed by atoms with Crippen molar-refractivity contribution in [1.29, 1.82) is 0 Å². The van der Waals surface area contributed by atoms with Gasteiger partial charge in [0, 0.05) is 0 Å². The van der Waals surface area contributed by atoms with Gasteiger partial charge in [-0.15, -0.1) is 0 Å². The van der Waals surface area contributed by atoms with Crippen molar-refractivity contribution in [3.8, 4) is 0 Å². The number of halogens is 1. The number of aromatic amines is 1. The Hall–Kier alpha value is -2.70. The highest BCUT2D eigenvalue weighted by molar-refractivity contribution is 6.02. The molecule has 2 rings (SSSR count). The predicted molar refractivity (Wildman–Crippen MR) is 67.8 cm³/mol. The van der Waals surface area contributed by atoms with Crippen LogP contribution in [0.3, 0.4) is 0 Å². The van der Waals surface area contributed by atoms with Crippen LogP contribution in [0.2, 0.25) is 0 Å². The first-order valence-corrected chi connectivity index (χ1v) is 5.82. The number of aromatic carboxylic acids is 1. The van der Waals surface area contributed by atoms with Gasteiger partial charge < -0.3 is 15.4 Å². The maximum absolute atomic E-state index is 12.8. The van der Waals surface area contributed by atoms with Crippen LogP contribution in [0.15, 0.2) is 30.6 Å². The number of benzene rings is 1. The van der Waals surface area contributed by atoms with E-state index < -0.39 is 17.9 Å². The zero-order valence-electron chi connectivity index (χ0n) is 10.6. The molecule has 1 unspecified atom stereocenters. The van der Waals surface area contributed by atoms with Gasteiger partial charge in [-0.3, -0.25) is 4.79 Å². The van der Waals surface area contributed by atoms with Crippen molar-refractivity contribution in [1.82, 2.24) is 15.3 Å². The van der Waals surface area contributed by atoms with Crippen LogP contribution in [-0.4, -0.2) is 27.0 Å². The van der Waals surface area contributed by atoms with Gasteiger partial charge in [-0.1, -0.05) is 12.1 Å². The first kappa shape index (κ1) is 13.7. The topological polar surface area (TPSA) is 95.1 Å². The van der Waals surface area contributed by atoms with Gasteiger partial charge in [-0.05, 0) is 24.6 Å². The van der Waals surface area contributed by atoms with E-state index in [9.17, 15) is 14.0 Å². The molecule has 7 heteroatoms. The molecular formula is C13H12FN3O3. The lowest BCUT2D eigenvalue weighted by Crippen LogP contribution is -2.28. The van der Waals surface area contributed by atoms with Crippen molar-refractivity contribution < 1.29 is 19.1 Å². The monoisotopic (exact) mass is 277 g/mol. The standard InChI is InChI=1S/C13H12FN3O3/c1-7(8-2-4-9(14)5-3-8)17-12(18)10-11(13(19)20)16-6-15-10/h2-7H,1H3,(H,15,16)(H,17,18)(H,19,20). The van der Waals surface area contributed by atoms with Crippen molar-refractivity contribution in [2.45, 2.75) is 13.0 Å². The van der Waals surface area contributed by atoms with Crippen molar-refractivity contribution in [2.24, 2.45) is 0 Å². The molecule has 0 aliphatic heterocycles. The molecule has 0 spiro atoms. The van der Waals surface area contributed by atoms with E-state index in [2.05, 4.69) is 15.3 Å². The van der Waals surface area contributed by atoms with Gasteiger partial charge in [0.15, 0.2) is 11.4 Å². The van der Waals surface area contributed by atoms with Gasteiger partial charge in [-0.25, -0.2) is 14.2 Å². The Labute approximate surface area is 113 Å². The largest absolute Gasteiger partial charge is 0.477 e. The Morgan fingerprint density at radius 2 is 2.00 bits per heavy atom. The van der Waals surface area contributed by atoms with Crippen LogP contribution in [0.5, 0.6) is 0 Å².